The van der Waals surface area contributed by atoms with Crippen molar-refractivity contribution in [1.82, 2.24) is 14.8 Å². The minimum absolute atomic E-state index is 0.104. The van der Waals surface area contributed by atoms with Gasteiger partial charge in [0.1, 0.15) is 11.6 Å². The first-order valence-corrected chi connectivity index (χ1v) is 6.48. The lowest BCUT2D eigenvalue weighted by Gasteiger charge is -2.06. The van der Waals surface area contributed by atoms with E-state index in [4.69, 9.17) is 5.11 Å². The van der Waals surface area contributed by atoms with E-state index >= 15 is 0 Å². The van der Waals surface area contributed by atoms with Gasteiger partial charge in [0.25, 0.3) is 0 Å². The minimum Gasteiger partial charge on any atom is -0.478 e. The second kappa shape index (κ2) is 5.40. The number of hydrogen-bond acceptors (Lipinski definition) is 4. The Kier molecular flexibility index (Phi) is 3.84. The molecule has 0 bridgehead atoms. The van der Waals surface area contributed by atoms with Crippen LogP contribution < -0.4 is 0 Å². The zero-order valence-corrected chi connectivity index (χ0v) is 11.2. The van der Waals surface area contributed by atoms with E-state index in [0.717, 1.165) is 11.9 Å². The zero-order valence-electron chi connectivity index (χ0n) is 10.4. The Morgan fingerprint density at radius 1 is 1.47 bits per heavy atom. The van der Waals surface area contributed by atoms with Gasteiger partial charge in [0.15, 0.2) is 5.16 Å². The van der Waals surface area contributed by atoms with Gasteiger partial charge in [-0.1, -0.05) is 11.8 Å². The molecule has 0 saturated carbocycles. The number of hydrogen-bond donors (Lipinski definition) is 1. The van der Waals surface area contributed by atoms with Gasteiger partial charge >= 0.3 is 5.97 Å². The van der Waals surface area contributed by atoms with E-state index in [9.17, 15) is 9.18 Å². The standard InChI is InChI=1S/C12H12FN3O2S/c1-7-14-15-12(16(7)2)19-6-8-5-9(13)3-4-10(8)11(17)18/h3-5H,6H2,1-2H3,(H,17,18). The number of carboxylic acids is 1. The van der Waals surface area contributed by atoms with Crippen molar-refractivity contribution in [3.8, 4) is 0 Å². The van der Waals surface area contributed by atoms with E-state index in [1.165, 1.54) is 23.9 Å². The lowest BCUT2D eigenvalue weighted by atomic mass is 10.1. The molecule has 0 fully saturated rings. The highest BCUT2D eigenvalue weighted by Gasteiger charge is 2.13. The van der Waals surface area contributed by atoms with Crippen LogP contribution in [0.15, 0.2) is 23.4 Å². The third-order valence-electron chi connectivity index (χ3n) is 2.71. The summed E-state index contributed by atoms with van der Waals surface area (Å²) in [6.45, 7) is 1.82. The lowest BCUT2D eigenvalue weighted by molar-refractivity contribution is 0.0696. The number of thioether (sulfide) groups is 1. The van der Waals surface area contributed by atoms with E-state index in [1.54, 1.807) is 4.57 Å². The minimum atomic E-state index is -1.07. The average molecular weight is 281 g/mol. The number of carboxylic acid groups (broad SMARTS) is 1. The summed E-state index contributed by atoms with van der Waals surface area (Å²) in [5.74, 6) is -0.426. The molecule has 5 nitrogen and oxygen atoms in total. The number of halogens is 1. The molecule has 0 unspecified atom stereocenters. The van der Waals surface area contributed by atoms with Crippen LogP contribution in [0.2, 0.25) is 0 Å². The van der Waals surface area contributed by atoms with E-state index < -0.39 is 11.8 Å². The Hall–Kier alpha value is -1.89. The Balaban J connectivity index is 2.21. The molecule has 0 amide bonds. The largest absolute Gasteiger partial charge is 0.478 e. The molecule has 100 valence electrons. The maximum Gasteiger partial charge on any atom is 0.335 e. The molecule has 0 aliphatic rings. The molecular weight excluding hydrogens is 269 g/mol. The smallest absolute Gasteiger partial charge is 0.335 e. The number of aryl methyl sites for hydroxylation is 1. The van der Waals surface area contributed by atoms with Gasteiger partial charge in [-0.15, -0.1) is 10.2 Å². The van der Waals surface area contributed by atoms with Crippen LogP contribution in [-0.2, 0) is 12.8 Å². The van der Waals surface area contributed by atoms with Crippen LogP contribution in [0, 0.1) is 12.7 Å². The van der Waals surface area contributed by atoms with Gasteiger partial charge in [-0.25, -0.2) is 9.18 Å². The molecule has 0 spiro atoms. The molecule has 1 heterocycles. The molecule has 1 aromatic heterocycles. The SMILES string of the molecule is Cc1nnc(SCc2cc(F)ccc2C(=O)O)n1C. The fourth-order valence-corrected chi connectivity index (χ4v) is 2.49. The van der Waals surface area contributed by atoms with Crippen molar-refractivity contribution >= 4 is 17.7 Å². The van der Waals surface area contributed by atoms with Crippen molar-refractivity contribution < 1.29 is 14.3 Å². The number of carbonyl (C=O) groups is 1. The maximum atomic E-state index is 13.2. The summed E-state index contributed by atoms with van der Waals surface area (Å²) in [4.78, 5) is 11.1. The van der Waals surface area contributed by atoms with Crippen LogP contribution in [0.5, 0.6) is 0 Å². The molecule has 0 atom stereocenters. The molecular formula is C12H12FN3O2S. The van der Waals surface area contributed by atoms with Crippen LogP contribution in [0.3, 0.4) is 0 Å². The monoisotopic (exact) mass is 281 g/mol. The Labute approximate surface area is 113 Å². The number of nitrogens with zero attached hydrogens (tertiary/aromatic N) is 3. The van der Waals surface area contributed by atoms with Crippen LogP contribution in [0.4, 0.5) is 4.39 Å². The predicted octanol–water partition coefficient (Wildman–Crippen LogP) is 2.25. The molecule has 1 N–H and O–H groups in total. The second-order valence-corrected chi connectivity index (χ2v) is 4.93. The molecule has 0 aliphatic heterocycles. The molecule has 0 aliphatic carbocycles. The summed E-state index contributed by atoms with van der Waals surface area (Å²) in [6.07, 6.45) is 0. The van der Waals surface area contributed by atoms with Crippen molar-refractivity contribution in [2.75, 3.05) is 0 Å². The van der Waals surface area contributed by atoms with Crippen LogP contribution in [-0.4, -0.2) is 25.8 Å². The van der Waals surface area contributed by atoms with Gasteiger partial charge in [0.05, 0.1) is 5.56 Å². The highest BCUT2D eigenvalue weighted by atomic mass is 32.2. The van der Waals surface area contributed by atoms with Gasteiger partial charge < -0.3 is 9.67 Å². The van der Waals surface area contributed by atoms with Crippen LogP contribution >= 0.6 is 11.8 Å². The van der Waals surface area contributed by atoms with Crippen molar-refractivity contribution in [1.29, 1.82) is 0 Å². The van der Waals surface area contributed by atoms with Crippen molar-refractivity contribution in [3.05, 3.63) is 41.0 Å². The maximum absolute atomic E-state index is 13.2. The van der Waals surface area contributed by atoms with E-state index in [-0.39, 0.29) is 5.56 Å². The fraction of sp³-hybridized carbons (Fsp3) is 0.250. The van der Waals surface area contributed by atoms with Crippen molar-refractivity contribution in [2.24, 2.45) is 7.05 Å². The fourth-order valence-electron chi connectivity index (χ4n) is 1.55. The summed E-state index contributed by atoms with van der Waals surface area (Å²) in [7, 11) is 1.82. The average Bonchev–Trinajstić information content (AvgIpc) is 2.67. The van der Waals surface area contributed by atoms with Crippen LogP contribution in [0.1, 0.15) is 21.7 Å². The molecule has 7 heteroatoms. The van der Waals surface area contributed by atoms with Gasteiger partial charge in [-0.2, -0.15) is 0 Å². The van der Waals surface area contributed by atoms with Crippen molar-refractivity contribution in [3.63, 3.8) is 0 Å². The van der Waals surface area contributed by atoms with Gasteiger partial charge in [0.2, 0.25) is 0 Å². The first kappa shape index (κ1) is 13.5. The molecule has 0 saturated heterocycles. The van der Waals surface area contributed by atoms with E-state index in [0.29, 0.717) is 16.5 Å². The number of benzene rings is 1. The summed E-state index contributed by atoms with van der Waals surface area (Å²) in [6, 6.07) is 3.65. The van der Waals surface area contributed by atoms with E-state index in [1.807, 2.05) is 14.0 Å². The molecule has 1 aromatic carbocycles. The molecule has 2 aromatic rings. The molecule has 0 radical (unpaired) electrons. The quantitative estimate of drug-likeness (QED) is 0.871. The Bertz CT molecular complexity index is 627. The lowest BCUT2D eigenvalue weighted by Crippen LogP contribution is -2.02. The third kappa shape index (κ3) is 2.93. The summed E-state index contributed by atoms with van der Waals surface area (Å²) in [5, 5.41) is 17.6. The van der Waals surface area contributed by atoms with Crippen molar-refractivity contribution in [2.45, 2.75) is 17.8 Å². The highest BCUT2D eigenvalue weighted by Crippen LogP contribution is 2.23. The normalized spacial score (nSPS) is 10.7. The van der Waals surface area contributed by atoms with Gasteiger partial charge in [-0.05, 0) is 30.7 Å². The van der Waals surface area contributed by atoms with Gasteiger partial charge in [0, 0.05) is 12.8 Å². The topological polar surface area (TPSA) is 68.0 Å². The number of rotatable bonds is 4. The highest BCUT2D eigenvalue weighted by molar-refractivity contribution is 7.98. The predicted molar refractivity (Wildman–Crippen MR) is 68.7 cm³/mol. The second-order valence-electron chi connectivity index (χ2n) is 3.98. The number of aromatic nitrogens is 3. The Morgan fingerprint density at radius 2 is 2.21 bits per heavy atom. The zero-order chi connectivity index (χ0) is 14.0. The number of aromatic carboxylic acids is 1. The summed E-state index contributed by atoms with van der Waals surface area (Å²) >= 11 is 1.32. The Morgan fingerprint density at radius 3 is 2.79 bits per heavy atom. The van der Waals surface area contributed by atoms with E-state index in [2.05, 4.69) is 10.2 Å². The molecule has 19 heavy (non-hydrogen) atoms. The van der Waals surface area contributed by atoms with Gasteiger partial charge in [-0.3, -0.25) is 0 Å². The third-order valence-corrected chi connectivity index (χ3v) is 3.78. The molecule has 2 rings (SSSR count). The summed E-state index contributed by atoms with van der Waals surface area (Å²) in [5.41, 5.74) is 0.533. The first-order valence-electron chi connectivity index (χ1n) is 5.49. The summed E-state index contributed by atoms with van der Waals surface area (Å²) < 4.78 is 15.0. The first-order chi connectivity index (χ1) is 8.99. The van der Waals surface area contributed by atoms with Crippen LogP contribution in [0.25, 0.3) is 0 Å².